The number of aliphatic carboxylic acids is 1. The first-order valence-corrected chi connectivity index (χ1v) is 7.07. The van der Waals surface area contributed by atoms with Crippen molar-refractivity contribution in [2.45, 2.75) is 45.6 Å². The van der Waals surface area contributed by atoms with Crippen LogP contribution in [0.3, 0.4) is 0 Å². The number of carboxylic acid groups (broad SMARTS) is 1. The third-order valence-electron chi connectivity index (χ3n) is 3.77. The van der Waals surface area contributed by atoms with E-state index in [1.807, 2.05) is 13.8 Å². The molecule has 1 saturated heterocycles. The molecule has 0 aliphatic carbocycles. The molecule has 4 heteroatoms. The third kappa shape index (κ3) is 3.38. The molecule has 20 heavy (non-hydrogen) atoms. The van der Waals surface area contributed by atoms with Crippen molar-refractivity contribution in [1.29, 1.82) is 0 Å². The Kier molecular flexibility index (Phi) is 4.42. The molecule has 0 radical (unpaired) electrons. The molecular formula is C16H21NO3. The van der Waals surface area contributed by atoms with Gasteiger partial charge in [-0.25, -0.2) is 4.79 Å². The average Bonchev–Trinajstić information content (AvgIpc) is 2.84. The van der Waals surface area contributed by atoms with Crippen LogP contribution < -0.4 is 0 Å². The normalized spacial score (nSPS) is 18.3. The standard InChI is InChI=1S/C16H21NO3/c1-11-8-12(2)10-13(9-11)5-6-15(18)17-7-3-4-14(17)16(19)20/h8-10,14H,3-7H2,1-2H3,(H,19,20). The lowest BCUT2D eigenvalue weighted by Gasteiger charge is -2.21. The minimum atomic E-state index is -0.887. The van der Waals surface area contributed by atoms with Gasteiger partial charge in [-0.1, -0.05) is 29.3 Å². The quantitative estimate of drug-likeness (QED) is 0.917. The van der Waals surface area contributed by atoms with Crippen molar-refractivity contribution in [2.75, 3.05) is 6.54 Å². The fourth-order valence-electron chi connectivity index (χ4n) is 2.93. The number of rotatable bonds is 4. The Morgan fingerprint density at radius 1 is 1.25 bits per heavy atom. The summed E-state index contributed by atoms with van der Waals surface area (Å²) in [5, 5.41) is 9.10. The van der Waals surface area contributed by atoms with Crippen LogP contribution in [0.25, 0.3) is 0 Å². The first-order valence-electron chi connectivity index (χ1n) is 7.07. The van der Waals surface area contributed by atoms with Crippen LogP contribution in [0.5, 0.6) is 0 Å². The minimum Gasteiger partial charge on any atom is -0.480 e. The highest BCUT2D eigenvalue weighted by molar-refractivity contribution is 5.84. The highest BCUT2D eigenvalue weighted by atomic mass is 16.4. The molecule has 1 aromatic carbocycles. The lowest BCUT2D eigenvalue weighted by atomic mass is 10.0. The Morgan fingerprint density at radius 2 is 1.90 bits per heavy atom. The molecule has 1 N–H and O–H groups in total. The van der Waals surface area contributed by atoms with Crippen molar-refractivity contribution in [3.8, 4) is 0 Å². The van der Waals surface area contributed by atoms with Gasteiger partial charge in [-0.3, -0.25) is 4.79 Å². The Balaban J connectivity index is 1.96. The van der Waals surface area contributed by atoms with E-state index in [0.717, 1.165) is 12.0 Å². The van der Waals surface area contributed by atoms with Gasteiger partial charge in [0, 0.05) is 13.0 Å². The van der Waals surface area contributed by atoms with E-state index in [1.54, 1.807) is 0 Å². The molecule has 1 aliphatic rings. The van der Waals surface area contributed by atoms with Gasteiger partial charge in [-0.2, -0.15) is 0 Å². The van der Waals surface area contributed by atoms with Crippen molar-refractivity contribution in [1.82, 2.24) is 4.90 Å². The molecule has 0 spiro atoms. The van der Waals surface area contributed by atoms with Crippen molar-refractivity contribution in [3.05, 3.63) is 34.9 Å². The van der Waals surface area contributed by atoms with Gasteiger partial charge in [-0.15, -0.1) is 0 Å². The summed E-state index contributed by atoms with van der Waals surface area (Å²) in [6, 6.07) is 5.64. The largest absolute Gasteiger partial charge is 0.480 e. The van der Waals surface area contributed by atoms with Crippen LogP contribution >= 0.6 is 0 Å². The van der Waals surface area contributed by atoms with Gasteiger partial charge in [0.25, 0.3) is 0 Å². The van der Waals surface area contributed by atoms with Crippen LogP contribution in [0.2, 0.25) is 0 Å². The zero-order valence-corrected chi connectivity index (χ0v) is 12.1. The zero-order valence-electron chi connectivity index (χ0n) is 12.1. The third-order valence-corrected chi connectivity index (χ3v) is 3.77. The molecule has 2 rings (SSSR count). The van der Waals surface area contributed by atoms with Crippen LogP contribution in [0.1, 0.15) is 36.0 Å². The number of hydrogen-bond acceptors (Lipinski definition) is 2. The Morgan fingerprint density at radius 3 is 2.50 bits per heavy atom. The molecule has 1 atom stereocenters. The predicted octanol–water partition coefficient (Wildman–Crippen LogP) is 2.31. The average molecular weight is 275 g/mol. The smallest absolute Gasteiger partial charge is 0.326 e. The van der Waals surface area contributed by atoms with Gasteiger partial charge >= 0.3 is 5.97 Å². The topological polar surface area (TPSA) is 57.6 Å². The van der Waals surface area contributed by atoms with E-state index in [4.69, 9.17) is 5.11 Å². The minimum absolute atomic E-state index is 0.0472. The highest BCUT2D eigenvalue weighted by Gasteiger charge is 2.33. The van der Waals surface area contributed by atoms with Crippen LogP contribution in [-0.4, -0.2) is 34.5 Å². The molecule has 1 unspecified atom stereocenters. The van der Waals surface area contributed by atoms with Crippen molar-refractivity contribution >= 4 is 11.9 Å². The van der Waals surface area contributed by atoms with E-state index in [1.165, 1.54) is 16.0 Å². The molecular weight excluding hydrogens is 254 g/mol. The van der Waals surface area contributed by atoms with E-state index < -0.39 is 12.0 Å². The summed E-state index contributed by atoms with van der Waals surface area (Å²) in [6.07, 6.45) is 2.41. The number of amides is 1. The number of carboxylic acids is 1. The Bertz CT molecular complexity index is 504. The van der Waals surface area contributed by atoms with Crippen molar-refractivity contribution in [2.24, 2.45) is 0 Å². The second-order valence-corrected chi connectivity index (χ2v) is 5.58. The van der Waals surface area contributed by atoms with Crippen LogP contribution in [0.4, 0.5) is 0 Å². The number of aryl methyl sites for hydroxylation is 3. The fraction of sp³-hybridized carbons (Fsp3) is 0.500. The Labute approximate surface area is 119 Å². The lowest BCUT2D eigenvalue weighted by molar-refractivity contribution is -0.148. The number of nitrogens with zero attached hydrogens (tertiary/aromatic N) is 1. The highest BCUT2D eigenvalue weighted by Crippen LogP contribution is 2.19. The van der Waals surface area contributed by atoms with Crippen LogP contribution in [0.15, 0.2) is 18.2 Å². The van der Waals surface area contributed by atoms with Gasteiger partial charge in [0.1, 0.15) is 6.04 Å². The Hall–Kier alpha value is -1.84. The summed E-state index contributed by atoms with van der Waals surface area (Å²) in [5.74, 6) is -0.934. The second kappa shape index (κ2) is 6.07. The SMILES string of the molecule is Cc1cc(C)cc(CCC(=O)N2CCCC2C(=O)O)c1. The summed E-state index contributed by atoms with van der Waals surface area (Å²) in [5.41, 5.74) is 3.52. The van der Waals surface area contributed by atoms with Crippen LogP contribution in [-0.2, 0) is 16.0 Å². The monoisotopic (exact) mass is 275 g/mol. The number of benzene rings is 1. The van der Waals surface area contributed by atoms with E-state index in [-0.39, 0.29) is 5.91 Å². The maximum Gasteiger partial charge on any atom is 0.326 e. The second-order valence-electron chi connectivity index (χ2n) is 5.58. The summed E-state index contributed by atoms with van der Waals surface area (Å²) >= 11 is 0. The zero-order chi connectivity index (χ0) is 14.7. The van der Waals surface area contributed by atoms with Crippen molar-refractivity contribution < 1.29 is 14.7 Å². The fourth-order valence-corrected chi connectivity index (χ4v) is 2.93. The molecule has 0 saturated carbocycles. The lowest BCUT2D eigenvalue weighted by Crippen LogP contribution is -2.40. The molecule has 4 nitrogen and oxygen atoms in total. The van der Waals surface area contributed by atoms with E-state index >= 15 is 0 Å². The molecule has 1 aliphatic heterocycles. The van der Waals surface area contributed by atoms with E-state index in [2.05, 4.69) is 18.2 Å². The van der Waals surface area contributed by atoms with Crippen molar-refractivity contribution in [3.63, 3.8) is 0 Å². The molecule has 108 valence electrons. The summed E-state index contributed by atoms with van der Waals surface area (Å²) in [7, 11) is 0. The molecule has 0 bridgehead atoms. The molecule has 1 aromatic rings. The number of hydrogen-bond donors (Lipinski definition) is 1. The maximum atomic E-state index is 12.2. The first-order chi connectivity index (χ1) is 9.47. The van der Waals surface area contributed by atoms with Gasteiger partial charge < -0.3 is 10.0 Å². The van der Waals surface area contributed by atoms with E-state index in [9.17, 15) is 9.59 Å². The number of likely N-dealkylation sites (tertiary alicyclic amines) is 1. The molecule has 1 amide bonds. The van der Waals surface area contributed by atoms with Gasteiger partial charge in [0.2, 0.25) is 5.91 Å². The summed E-state index contributed by atoms with van der Waals surface area (Å²) in [6.45, 7) is 4.65. The van der Waals surface area contributed by atoms with E-state index in [0.29, 0.717) is 25.8 Å². The first kappa shape index (κ1) is 14.6. The molecule has 1 heterocycles. The predicted molar refractivity (Wildman–Crippen MR) is 76.6 cm³/mol. The molecule has 1 fully saturated rings. The molecule has 0 aromatic heterocycles. The van der Waals surface area contributed by atoms with Gasteiger partial charge in [0.15, 0.2) is 0 Å². The summed E-state index contributed by atoms with van der Waals surface area (Å²) < 4.78 is 0. The maximum absolute atomic E-state index is 12.2. The van der Waals surface area contributed by atoms with Gasteiger partial charge in [0.05, 0.1) is 0 Å². The number of carbonyl (C=O) groups is 2. The van der Waals surface area contributed by atoms with Gasteiger partial charge in [-0.05, 0) is 38.7 Å². The van der Waals surface area contributed by atoms with Crippen LogP contribution in [0, 0.1) is 13.8 Å². The number of carbonyl (C=O) groups excluding carboxylic acids is 1. The summed E-state index contributed by atoms with van der Waals surface area (Å²) in [4.78, 5) is 24.8.